The number of thiophene rings is 2. The first-order valence-electron chi connectivity index (χ1n) is 7.25. The quantitative estimate of drug-likeness (QED) is 0.831. The molecule has 3 rings (SSSR count). The lowest BCUT2D eigenvalue weighted by Gasteiger charge is -2.21. The van der Waals surface area contributed by atoms with Gasteiger partial charge < -0.3 is 5.32 Å². The fourth-order valence-corrected chi connectivity index (χ4v) is 4.38. The van der Waals surface area contributed by atoms with Crippen molar-refractivity contribution in [2.45, 2.75) is 45.4 Å². The lowest BCUT2D eigenvalue weighted by Crippen LogP contribution is -2.24. The van der Waals surface area contributed by atoms with Crippen LogP contribution >= 0.6 is 22.7 Å². The SMILES string of the molecule is CNCc1cc(CN(Cc2cccs2)C2CC2)c(C)s1. The average Bonchev–Trinajstić information content (AvgIpc) is 3.05. The Kier molecular flexibility index (Phi) is 4.56. The minimum Gasteiger partial charge on any atom is -0.315 e. The molecule has 108 valence electrons. The highest BCUT2D eigenvalue weighted by atomic mass is 32.1. The third-order valence-electron chi connectivity index (χ3n) is 3.80. The molecule has 0 unspecified atom stereocenters. The molecule has 2 nitrogen and oxygen atoms in total. The van der Waals surface area contributed by atoms with Crippen LogP contribution < -0.4 is 5.32 Å². The molecular weight excluding hydrogens is 284 g/mol. The third-order valence-corrected chi connectivity index (χ3v) is 5.75. The van der Waals surface area contributed by atoms with Crippen LogP contribution in [0.5, 0.6) is 0 Å². The molecule has 1 saturated carbocycles. The van der Waals surface area contributed by atoms with E-state index < -0.39 is 0 Å². The molecule has 1 fully saturated rings. The van der Waals surface area contributed by atoms with E-state index in [0.29, 0.717) is 0 Å². The molecule has 0 atom stereocenters. The van der Waals surface area contributed by atoms with E-state index in [1.165, 1.54) is 33.0 Å². The fourth-order valence-electron chi connectivity index (χ4n) is 2.58. The maximum absolute atomic E-state index is 3.25. The van der Waals surface area contributed by atoms with Gasteiger partial charge in [-0.2, -0.15) is 0 Å². The Bertz CT molecular complexity index is 541. The Labute approximate surface area is 129 Å². The first-order chi connectivity index (χ1) is 9.76. The van der Waals surface area contributed by atoms with Gasteiger partial charge in [0.1, 0.15) is 0 Å². The van der Waals surface area contributed by atoms with Crippen molar-refractivity contribution >= 4 is 22.7 Å². The van der Waals surface area contributed by atoms with E-state index in [4.69, 9.17) is 0 Å². The second-order valence-electron chi connectivity index (χ2n) is 5.54. The van der Waals surface area contributed by atoms with E-state index in [2.05, 4.69) is 40.7 Å². The summed E-state index contributed by atoms with van der Waals surface area (Å²) in [7, 11) is 2.02. The highest BCUT2D eigenvalue weighted by molar-refractivity contribution is 7.12. The zero-order chi connectivity index (χ0) is 13.9. The van der Waals surface area contributed by atoms with Crippen molar-refractivity contribution in [2.75, 3.05) is 7.05 Å². The molecule has 1 aliphatic carbocycles. The minimum atomic E-state index is 0.809. The van der Waals surface area contributed by atoms with E-state index in [9.17, 15) is 0 Å². The van der Waals surface area contributed by atoms with Crippen molar-refractivity contribution < 1.29 is 0 Å². The molecule has 2 aromatic rings. The van der Waals surface area contributed by atoms with Crippen LogP contribution in [0, 0.1) is 6.92 Å². The maximum Gasteiger partial charge on any atom is 0.0334 e. The number of nitrogens with zero attached hydrogens (tertiary/aromatic N) is 1. The Morgan fingerprint density at radius 1 is 1.30 bits per heavy atom. The van der Waals surface area contributed by atoms with Crippen LogP contribution in [-0.2, 0) is 19.6 Å². The first kappa shape index (κ1) is 14.3. The molecule has 0 radical (unpaired) electrons. The van der Waals surface area contributed by atoms with E-state index in [1.807, 2.05) is 29.7 Å². The Hall–Kier alpha value is -0.680. The second-order valence-corrected chi connectivity index (χ2v) is 7.91. The summed E-state index contributed by atoms with van der Waals surface area (Å²) in [5.74, 6) is 0. The molecule has 0 bridgehead atoms. The summed E-state index contributed by atoms with van der Waals surface area (Å²) in [5.41, 5.74) is 1.52. The van der Waals surface area contributed by atoms with E-state index >= 15 is 0 Å². The molecule has 1 aliphatic rings. The van der Waals surface area contributed by atoms with E-state index in [0.717, 1.165) is 25.7 Å². The lowest BCUT2D eigenvalue weighted by atomic mass is 10.2. The van der Waals surface area contributed by atoms with Crippen LogP contribution in [0.2, 0.25) is 0 Å². The summed E-state index contributed by atoms with van der Waals surface area (Å²) in [6.07, 6.45) is 2.75. The van der Waals surface area contributed by atoms with Gasteiger partial charge in [-0.05, 0) is 49.9 Å². The van der Waals surface area contributed by atoms with Crippen molar-refractivity contribution in [3.8, 4) is 0 Å². The predicted octanol–water partition coefficient (Wildman–Crippen LogP) is 4.00. The lowest BCUT2D eigenvalue weighted by molar-refractivity contribution is 0.248. The summed E-state index contributed by atoms with van der Waals surface area (Å²) in [4.78, 5) is 7.07. The summed E-state index contributed by atoms with van der Waals surface area (Å²) >= 11 is 3.81. The highest BCUT2D eigenvalue weighted by Crippen LogP contribution is 2.32. The molecular formula is C16H22N2S2. The van der Waals surface area contributed by atoms with Crippen molar-refractivity contribution in [2.24, 2.45) is 0 Å². The Morgan fingerprint density at radius 3 is 2.80 bits per heavy atom. The van der Waals surface area contributed by atoms with Gasteiger partial charge in [0.25, 0.3) is 0 Å². The fraction of sp³-hybridized carbons (Fsp3) is 0.500. The van der Waals surface area contributed by atoms with Crippen LogP contribution in [0.4, 0.5) is 0 Å². The standard InChI is InChI=1S/C16H22N2S2/c1-12-13(8-16(20-12)9-17-2)10-18(14-5-6-14)11-15-4-3-7-19-15/h3-4,7-8,14,17H,5-6,9-11H2,1-2H3. The van der Waals surface area contributed by atoms with Gasteiger partial charge in [-0.3, -0.25) is 4.90 Å². The highest BCUT2D eigenvalue weighted by Gasteiger charge is 2.29. The molecule has 0 amide bonds. The number of hydrogen-bond donors (Lipinski definition) is 1. The maximum atomic E-state index is 3.25. The summed E-state index contributed by atoms with van der Waals surface area (Å²) in [6.45, 7) is 5.46. The molecule has 20 heavy (non-hydrogen) atoms. The molecule has 0 aliphatic heterocycles. The van der Waals surface area contributed by atoms with Gasteiger partial charge in [-0.1, -0.05) is 6.07 Å². The van der Waals surface area contributed by atoms with Crippen LogP contribution in [0.15, 0.2) is 23.6 Å². The molecule has 0 saturated heterocycles. The Morgan fingerprint density at radius 2 is 2.15 bits per heavy atom. The summed E-state index contributed by atoms with van der Waals surface area (Å²) in [6, 6.07) is 7.61. The van der Waals surface area contributed by atoms with Gasteiger partial charge in [0.05, 0.1) is 0 Å². The van der Waals surface area contributed by atoms with Gasteiger partial charge in [-0.15, -0.1) is 22.7 Å². The van der Waals surface area contributed by atoms with Gasteiger partial charge in [0.15, 0.2) is 0 Å². The Balaban J connectivity index is 1.69. The van der Waals surface area contributed by atoms with Gasteiger partial charge in [0.2, 0.25) is 0 Å². The van der Waals surface area contributed by atoms with Crippen LogP contribution in [0.25, 0.3) is 0 Å². The molecule has 2 heterocycles. The topological polar surface area (TPSA) is 15.3 Å². The molecule has 0 aromatic carbocycles. The van der Waals surface area contributed by atoms with Crippen LogP contribution in [-0.4, -0.2) is 18.0 Å². The van der Waals surface area contributed by atoms with Crippen molar-refractivity contribution in [1.82, 2.24) is 10.2 Å². The summed E-state index contributed by atoms with van der Waals surface area (Å²) in [5, 5.41) is 5.43. The van der Waals surface area contributed by atoms with Crippen molar-refractivity contribution in [1.29, 1.82) is 0 Å². The van der Waals surface area contributed by atoms with Crippen molar-refractivity contribution in [3.63, 3.8) is 0 Å². The minimum absolute atomic E-state index is 0.809. The number of aryl methyl sites for hydroxylation is 1. The second kappa shape index (κ2) is 6.39. The van der Waals surface area contributed by atoms with E-state index in [-0.39, 0.29) is 0 Å². The molecule has 2 aromatic heterocycles. The predicted molar refractivity (Wildman–Crippen MR) is 88.4 cm³/mol. The van der Waals surface area contributed by atoms with Crippen LogP contribution in [0.3, 0.4) is 0 Å². The molecule has 1 N–H and O–H groups in total. The normalized spacial score (nSPS) is 15.2. The van der Waals surface area contributed by atoms with Gasteiger partial charge in [0, 0.05) is 40.3 Å². The van der Waals surface area contributed by atoms with Gasteiger partial charge >= 0.3 is 0 Å². The smallest absolute Gasteiger partial charge is 0.0334 e. The third kappa shape index (κ3) is 3.50. The van der Waals surface area contributed by atoms with E-state index in [1.54, 1.807) is 0 Å². The monoisotopic (exact) mass is 306 g/mol. The van der Waals surface area contributed by atoms with Gasteiger partial charge in [-0.25, -0.2) is 0 Å². The summed E-state index contributed by atoms with van der Waals surface area (Å²) < 4.78 is 0. The van der Waals surface area contributed by atoms with Crippen molar-refractivity contribution in [3.05, 3.63) is 43.8 Å². The van der Waals surface area contributed by atoms with Crippen LogP contribution in [0.1, 0.15) is 33.0 Å². The molecule has 0 spiro atoms. The first-order valence-corrected chi connectivity index (χ1v) is 8.95. The zero-order valence-electron chi connectivity index (χ0n) is 12.2. The molecule has 4 heteroatoms. The zero-order valence-corrected chi connectivity index (χ0v) is 13.8. The number of nitrogens with one attached hydrogen (secondary N) is 1. The number of hydrogen-bond acceptors (Lipinski definition) is 4. The number of rotatable bonds is 7. The average molecular weight is 307 g/mol. The largest absolute Gasteiger partial charge is 0.315 e.